The second kappa shape index (κ2) is 15.6. The van der Waals surface area contributed by atoms with Crippen molar-refractivity contribution in [3.8, 4) is 0 Å². The number of carbonyl (C=O) groups is 2. The molecule has 0 aliphatic rings. The predicted octanol–water partition coefficient (Wildman–Crippen LogP) is 0.128. The van der Waals surface area contributed by atoms with Gasteiger partial charge in [0.05, 0.1) is 11.4 Å². The van der Waals surface area contributed by atoms with Crippen molar-refractivity contribution in [2.45, 2.75) is 52.7 Å². The number of carbonyl (C=O) groups excluding carboxylic acids is 2. The van der Waals surface area contributed by atoms with Gasteiger partial charge in [0.25, 0.3) is 0 Å². The summed E-state index contributed by atoms with van der Waals surface area (Å²) in [4.78, 5) is 25.8. The third-order valence-electron chi connectivity index (χ3n) is 2.58. The average molecular weight is 451 g/mol. The smallest absolute Gasteiger partial charge is 0.550 e. The Labute approximate surface area is 181 Å². The zero-order chi connectivity index (χ0) is 22.4. The zero-order valence-corrected chi connectivity index (χ0v) is 18.3. The second-order valence-corrected chi connectivity index (χ2v) is 6.53. The Bertz CT molecular complexity index is 614. The molecule has 9 heteroatoms. The van der Waals surface area contributed by atoms with E-state index in [0.717, 1.165) is 13.8 Å². The normalized spacial score (nSPS) is 9.66. The average Bonchev–Trinajstić information content (AvgIpc) is 2.54. The summed E-state index contributed by atoms with van der Waals surface area (Å²) < 4.78 is 0. The molecule has 2 aromatic heterocycles. The van der Waals surface area contributed by atoms with Gasteiger partial charge in [0, 0.05) is 24.3 Å². The number of hydrogen-bond acceptors (Lipinski definition) is 8. The number of pyridine rings is 2. The van der Waals surface area contributed by atoms with Crippen LogP contribution in [0.4, 0.5) is 0 Å². The fraction of sp³-hybridized carbons (Fsp3) is 0.400. The number of rotatable bonds is 2. The van der Waals surface area contributed by atoms with Crippen LogP contribution in [0.25, 0.3) is 0 Å². The van der Waals surface area contributed by atoms with E-state index >= 15 is 0 Å². The standard InChI is InChI=1S/2C8H11NO.2C2H4O2.Ni/c2*1-8(2,10)7-5-3-4-6-9-7;2*1-2(3)4;/h2*3-6,10H,1-2H3;2*1H3,(H,3,4);/q;;;;+2/p-2. The number of carboxylic acid groups (broad SMARTS) is 2. The fourth-order valence-corrected chi connectivity index (χ4v) is 1.45. The molecule has 0 saturated carbocycles. The largest absolute Gasteiger partial charge is 2.00 e. The number of aromatic nitrogens is 2. The van der Waals surface area contributed by atoms with Gasteiger partial charge in [0.1, 0.15) is 11.2 Å². The molecule has 0 saturated heterocycles. The van der Waals surface area contributed by atoms with Crippen molar-refractivity contribution in [2.24, 2.45) is 0 Å². The number of aliphatic hydroxyl groups is 2. The minimum absolute atomic E-state index is 0. The number of hydrogen-bond donors (Lipinski definition) is 2. The summed E-state index contributed by atoms with van der Waals surface area (Å²) in [5.41, 5.74) is -0.229. The van der Waals surface area contributed by atoms with E-state index in [-0.39, 0.29) is 16.5 Å². The quantitative estimate of drug-likeness (QED) is 0.613. The van der Waals surface area contributed by atoms with Crippen LogP contribution in [0, 0.1) is 0 Å². The van der Waals surface area contributed by atoms with Crippen LogP contribution in [0.3, 0.4) is 0 Å². The minimum atomic E-state index is -1.08. The molecule has 0 radical (unpaired) electrons. The van der Waals surface area contributed by atoms with Crippen LogP contribution in [0.15, 0.2) is 48.8 Å². The molecular formula is C20H28N2NiO6. The molecule has 8 nitrogen and oxygen atoms in total. The van der Waals surface area contributed by atoms with E-state index in [1.54, 1.807) is 52.2 Å². The van der Waals surface area contributed by atoms with Crippen molar-refractivity contribution in [1.82, 2.24) is 9.97 Å². The van der Waals surface area contributed by atoms with E-state index in [0.29, 0.717) is 11.4 Å². The molecule has 2 heterocycles. The first-order valence-corrected chi connectivity index (χ1v) is 8.30. The number of aliphatic carboxylic acids is 2. The van der Waals surface area contributed by atoms with Crippen LogP contribution >= 0.6 is 0 Å². The van der Waals surface area contributed by atoms with Gasteiger partial charge in [-0.1, -0.05) is 12.1 Å². The molecule has 0 aromatic carbocycles. The van der Waals surface area contributed by atoms with Crippen LogP contribution in [0.5, 0.6) is 0 Å². The SMILES string of the molecule is CC(=O)[O-].CC(=O)[O-].CC(C)(O)c1ccccn1.CC(C)(O)c1ccccn1.[Ni+2]. The predicted molar refractivity (Wildman–Crippen MR) is 100 cm³/mol. The first-order valence-electron chi connectivity index (χ1n) is 8.30. The van der Waals surface area contributed by atoms with Crippen molar-refractivity contribution < 1.29 is 46.5 Å². The summed E-state index contributed by atoms with van der Waals surface area (Å²) in [6.45, 7) is 8.81. The monoisotopic (exact) mass is 450 g/mol. The Morgan fingerprint density at radius 3 is 1.10 bits per heavy atom. The molecule has 2 N–H and O–H groups in total. The zero-order valence-electron chi connectivity index (χ0n) is 17.4. The maximum absolute atomic E-state index is 9.43. The molecule has 29 heavy (non-hydrogen) atoms. The van der Waals surface area contributed by atoms with Crippen molar-refractivity contribution in [1.29, 1.82) is 0 Å². The Morgan fingerprint density at radius 2 is 1.00 bits per heavy atom. The Balaban J connectivity index is -0.000000336. The molecule has 2 rings (SSSR count). The third-order valence-corrected chi connectivity index (χ3v) is 2.58. The summed E-state index contributed by atoms with van der Waals surface area (Å²) >= 11 is 0. The van der Waals surface area contributed by atoms with Gasteiger partial charge in [0.2, 0.25) is 0 Å². The number of nitrogens with zero attached hydrogens (tertiary/aromatic N) is 2. The molecule has 0 aliphatic carbocycles. The summed E-state index contributed by atoms with van der Waals surface area (Å²) in [6, 6.07) is 11.0. The van der Waals surface area contributed by atoms with Gasteiger partial charge in [0.15, 0.2) is 0 Å². The van der Waals surface area contributed by atoms with Crippen molar-refractivity contribution in [3.63, 3.8) is 0 Å². The van der Waals surface area contributed by atoms with E-state index in [9.17, 15) is 10.2 Å². The van der Waals surface area contributed by atoms with Gasteiger partial charge < -0.3 is 30.0 Å². The minimum Gasteiger partial charge on any atom is -0.550 e. The molecule has 164 valence electrons. The van der Waals surface area contributed by atoms with Gasteiger partial charge in [-0.05, 0) is 65.8 Å². The Hall–Kier alpha value is -2.35. The van der Waals surface area contributed by atoms with Crippen LogP contribution in [0.1, 0.15) is 52.9 Å². The van der Waals surface area contributed by atoms with Crippen molar-refractivity contribution in [2.75, 3.05) is 0 Å². The second-order valence-electron chi connectivity index (χ2n) is 6.53. The Morgan fingerprint density at radius 1 is 0.759 bits per heavy atom. The maximum atomic E-state index is 9.43. The van der Waals surface area contributed by atoms with Gasteiger partial charge in [-0.25, -0.2) is 0 Å². The van der Waals surface area contributed by atoms with E-state index in [2.05, 4.69) is 9.97 Å². The van der Waals surface area contributed by atoms with E-state index in [4.69, 9.17) is 19.8 Å². The van der Waals surface area contributed by atoms with Crippen LogP contribution in [-0.4, -0.2) is 32.1 Å². The van der Waals surface area contributed by atoms with Crippen LogP contribution in [0.2, 0.25) is 0 Å². The molecule has 2 aromatic rings. The van der Waals surface area contributed by atoms with Crippen LogP contribution < -0.4 is 10.2 Å². The summed E-state index contributed by atoms with van der Waals surface area (Å²) in [5.74, 6) is -2.17. The first-order chi connectivity index (χ1) is 12.7. The molecule has 0 amide bonds. The van der Waals surface area contributed by atoms with E-state index < -0.39 is 23.1 Å². The van der Waals surface area contributed by atoms with Crippen LogP contribution in [-0.2, 0) is 37.3 Å². The fourth-order valence-electron chi connectivity index (χ4n) is 1.45. The van der Waals surface area contributed by atoms with E-state index in [1.807, 2.05) is 24.3 Å². The molecule has 0 unspecified atom stereocenters. The summed E-state index contributed by atoms with van der Waals surface area (Å²) in [7, 11) is 0. The van der Waals surface area contributed by atoms with Gasteiger partial charge in [-0.15, -0.1) is 0 Å². The molecule has 0 aliphatic heterocycles. The molecule has 0 bridgehead atoms. The summed E-state index contributed by atoms with van der Waals surface area (Å²) in [5, 5.41) is 36.6. The summed E-state index contributed by atoms with van der Waals surface area (Å²) in [6.07, 6.45) is 3.35. The topological polar surface area (TPSA) is 146 Å². The molecule has 0 spiro atoms. The first kappa shape index (κ1) is 31.4. The van der Waals surface area contributed by atoms with Crippen molar-refractivity contribution in [3.05, 3.63) is 60.2 Å². The van der Waals surface area contributed by atoms with Gasteiger partial charge >= 0.3 is 16.5 Å². The van der Waals surface area contributed by atoms with Gasteiger partial charge in [-0.3, -0.25) is 9.97 Å². The van der Waals surface area contributed by atoms with Gasteiger partial charge in [-0.2, -0.15) is 0 Å². The third kappa shape index (κ3) is 21.8. The molecule has 0 atom stereocenters. The maximum Gasteiger partial charge on any atom is 2.00 e. The Kier molecular flexibility index (Phi) is 16.8. The molecule has 0 fully saturated rings. The van der Waals surface area contributed by atoms with Crippen molar-refractivity contribution >= 4 is 11.9 Å². The van der Waals surface area contributed by atoms with E-state index in [1.165, 1.54) is 0 Å². The number of carboxylic acids is 2. The molecular weight excluding hydrogens is 423 g/mol.